The third kappa shape index (κ3) is 3.92. The Morgan fingerprint density at radius 1 is 1.25 bits per heavy atom. The lowest BCUT2D eigenvalue weighted by molar-refractivity contribution is 0.912. The van der Waals surface area contributed by atoms with Gasteiger partial charge in [-0.2, -0.15) is 5.10 Å². The molecule has 3 heterocycles. The maximum absolute atomic E-state index is 4.73. The lowest BCUT2D eigenvalue weighted by atomic mass is 10.1. The summed E-state index contributed by atoms with van der Waals surface area (Å²) in [6.07, 6.45) is 16.8. The van der Waals surface area contributed by atoms with Gasteiger partial charge in [0.1, 0.15) is 5.84 Å². The van der Waals surface area contributed by atoms with E-state index in [4.69, 9.17) is 4.99 Å². The number of amidine groups is 1. The van der Waals surface area contributed by atoms with Gasteiger partial charge in [-0.1, -0.05) is 12.2 Å². The number of allylic oxidation sites excluding steroid dienone is 4. The number of hydrogen-bond donors (Lipinski definition) is 2. The summed E-state index contributed by atoms with van der Waals surface area (Å²) >= 11 is 0. The van der Waals surface area contributed by atoms with E-state index in [0.29, 0.717) is 6.54 Å². The molecule has 120 valence electrons. The maximum Gasteiger partial charge on any atom is 0.126 e. The second-order valence-electron chi connectivity index (χ2n) is 5.10. The standard InChI is InChI=1S/C18H18N6/c1-19-13-16(15-11-22-23-12-15)17-4-2-3-5-18(24-17)21-10-14-6-8-20-9-7-14/h2-9,11-13H,10H2,1H3,(H,21,24)(H,22,23)/b17-16-,19-13-. The van der Waals surface area contributed by atoms with Gasteiger partial charge >= 0.3 is 0 Å². The largest absolute Gasteiger partial charge is 0.366 e. The zero-order valence-corrected chi connectivity index (χ0v) is 13.3. The van der Waals surface area contributed by atoms with E-state index in [9.17, 15) is 0 Å². The minimum Gasteiger partial charge on any atom is -0.366 e. The van der Waals surface area contributed by atoms with Gasteiger partial charge in [0.15, 0.2) is 0 Å². The Labute approximate surface area is 140 Å². The van der Waals surface area contributed by atoms with Crippen molar-refractivity contribution in [2.45, 2.75) is 6.54 Å². The lowest BCUT2D eigenvalue weighted by Gasteiger charge is -2.08. The second-order valence-corrected chi connectivity index (χ2v) is 5.10. The summed E-state index contributed by atoms with van der Waals surface area (Å²) in [5.74, 6) is 0.789. The van der Waals surface area contributed by atoms with Crippen molar-refractivity contribution in [1.82, 2.24) is 20.5 Å². The van der Waals surface area contributed by atoms with Crippen LogP contribution in [0.5, 0.6) is 0 Å². The van der Waals surface area contributed by atoms with Crippen LogP contribution in [-0.4, -0.2) is 34.3 Å². The molecule has 0 aliphatic carbocycles. The minimum absolute atomic E-state index is 0.682. The summed E-state index contributed by atoms with van der Waals surface area (Å²) in [6, 6.07) is 3.95. The van der Waals surface area contributed by atoms with Crippen molar-refractivity contribution in [2.24, 2.45) is 9.98 Å². The Balaban J connectivity index is 1.88. The van der Waals surface area contributed by atoms with Gasteiger partial charge in [0.2, 0.25) is 0 Å². The summed E-state index contributed by atoms with van der Waals surface area (Å²) in [5, 5.41) is 10.2. The Morgan fingerprint density at radius 2 is 2.08 bits per heavy atom. The first-order valence-electron chi connectivity index (χ1n) is 7.58. The van der Waals surface area contributed by atoms with Gasteiger partial charge in [-0.05, 0) is 29.8 Å². The van der Waals surface area contributed by atoms with Gasteiger partial charge in [0.25, 0.3) is 0 Å². The molecular formula is C18H18N6. The first kappa shape index (κ1) is 15.6. The quantitative estimate of drug-likeness (QED) is 0.850. The van der Waals surface area contributed by atoms with E-state index in [-0.39, 0.29) is 0 Å². The first-order chi connectivity index (χ1) is 11.9. The van der Waals surface area contributed by atoms with Gasteiger partial charge < -0.3 is 5.32 Å². The maximum atomic E-state index is 4.73. The zero-order chi connectivity index (χ0) is 16.6. The average molecular weight is 318 g/mol. The topological polar surface area (TPSA) is 78.3 Å². The van der Waals surface area contributed by atoms with Crippen molar-refractivity contribution in [1.29, 1.82) is 0 Å². The number of aromatic amines is 1. The number of nitrogens with one attached hydrogen (secondary N) is 2. The van der Waals surface area contributed by atoms with Crippen LogP contribution in [0.3, 0.4) is 0 Å². The molecule has 0 aromatic carbocycles. The smallest absolute Gasteiger partial charge is 0.126 e. The first-order valence-corrected chi connectivity index (χ1v) is 7.58. The number of rotatable bonds is 4. The third-order valence-corrected chi connectivity index (χ3v) is 3.43. The highest BCUT2D eigenvalue weighted by molar-refractivity contribution is 6.12. The SMILES string of the molecule is C/N=C\C(=C1/C=CC=CC(NCc2ccncc2)=N1)c1cn[nH]c1. The van der Waals surface area contributed by atoms with Gasteiger partial charge in [-0.25, -0.2) is 4.99 Å². The van der Waals surface area contributed by atoms with Crippen LogP contribution in [0.15, 0.2) is 76.9 Å². The molecule has 24 heavy (non-hydrogen) atoms. The number of H-pyrrole nitrogens is 1. The van der Waals surface area contributed by atoms with Gasteiger partial charge in [0, 0.05) is 49.5 Å². The van der Waals surface area contributed by atoms with Crippen LogP contribution in [0.4, 0.5) is 0 Å². The van der Waals surface area contributed by atoms with Crippen LogP contribution in [-0.2, 0) is 6.54 Å². The molecule has 1 aliphatic rings. The summed E-state index contributed by atoms with van der Waals surface area (Å²) in [4.78, 5) is 12.9. The molecule has 0 fully saturated rings. The van der Waals surface area contributed by atoms with E-state index in [1.807, 2.05) is 42.6 Å². The number of nitrogens with zero attached hydrogens (tertiary/aromatic N) is 4. The zero-order valence-electron chi connectivity index (χ0n) is 13.3. The fourth-order valence-corrected chi connectivity index (χ4v) is 2.26. The molecule has 3 rings (SSSR count). The third-order valence-electron chi connectivity index (χ3n) is 3.43. The van der Waals surface area contributed by atoms with Crippen molar-refractivity contribution in [2.75, 3.05) is 7.05 Å². The molecule has 2 aromatic rings. The number of pyridine rings is 1. The van der Waals surface area contributed by atoms with Crippen molar-refractivity contribution in [3.8, 4) is 0 Å². The highest BCUT2D eigenvalue weighted by Gasteiger charge is 2.08. The minimum atomic E-state index is 0.682. The van der Waals surface area contributed by atoms with Crippen LogP contribution in [0.2, 0.25) is 0 Å². The highest BCUT2D eigenvalue weighted by atomic mass is 15.1. The molecule has 6 nitrogen and oxygen atoms in total. The molecule has 0 saturated heterocycles. The average Bonchev–Trinajstić information content (AvgIpc) is 3.04. The van der Waals surface area contributed by atoms with Crippen LogP contribution in [0.1, 0.15) is 11.1 Å². The molecule has 0 bridgehead atoms. The number of aliphatic imine (C=N–C) groups is 2. The molecule has 0 spiro atoms. The fourth-order valence-electron chi connectivity index (χ4n) is 2.26. The summed E-state index contributed by atoms with van der Waals surface area (Å²) in [6.45, 7) is 0.682. The normalized spacial score (nSPS) is 16.1. The molecule has 6 heteroatoms. The van der Waals surface area contributed by atoms with Crippen molar-refractivity contribution in [3.05, 3.63) is 78.0 Å². The van der Waals surface area contributed by atoms with Crippen LogP contribution in [0, 0.1) is 0 Å². The van der Waals surface area contributed by atoms with E-state index >= 15 is 0 Å². The fraction of sp³-hybridized carbons (Fsp3) is 0.111. The Hall–Kier alpha value is -3.28. The number of aromatic nitrogens is 3. The second kappa shape index (κ2) is 7.82. The molecular weight excluding hydrogens is 300 g/mol. The van der Waals surface area contributed by atoms with Gasteiger partial charge in [-0.15, -0.1) is 0 Å². The van der Waals surface area contributed by atoms with Crippen LogP contribution < -0.4 is 5.32 Å². The van der Waals surface area contributed by atoms with Gasteiger partial charge in [0.05, 0.1) is 11.9 Å². The van der Waals surface area contributed by atoms with E-state index in [1.54, 1.807) is 31.9 Å². The Morgan fingerprint density at radius 3 is 2.83 bits per heavy atom. The molecule has 0 saturated carbocycles. The molecule has 1 aliphatic heterocycles. The Kier molecular flexibility index (Phi) is 5.09. The molecule has 0 amide bonds. The van der Waals surface area contributed by atoms with Crippen molar-refractivity contribution in [3.63, 3.8) is 0 Å². The van der Waals surface area contributed by atoms with Crippen LogP contribution >= 0.6 is 0 Å². The predicted molar refractivity (Wildman–Crippen MR) is 96.7 cm³/mol. The van der Waals surface area contributed by atoms with E-state index < -0.39 is 0 Å². The van der Waals surface area contributed by atoms with E-state index in [0.717, 1.165) is 28.2 Å². The molecule has 2 aromatic heterocycles. The molecule has 0 radical (unpaired) electrons. The van der Waals surface area contributed by atoms with E-state index in [1.165, 1.54) is 0 Å². The Bertz CT molecular complexity index is 810. The van der Waals surface area contributed by atoms with Gasteiger partial charge in [-0.3, -0.25) is 15.1 Å². The highest BCUT2D eigenvalue weighted by Crippen LogP contribution is 2.19. The molecule has 2 N–H and O–H groups in total. The van der Waals surface area contributed by atoms with Crippen molar-refractivity contribution < 1.29 is 0 Å². The summed E-state index contributed by atoms with van der Waals surface area (Å²) in [7, 11) is 1.74. The monoisotopic (exact) mass is 318 g/mol. The predicted octanol–water partition coefficient (Wildman–Crippen LogP) is 2.53. The molecule has 0 atom stereocenters. The lowest BCUT2D eigenvalue weighted by Crippen LogP contribution is -2.20. The summed E-state index contributed by atoms with van der Waals surface area (Å²) in [5.41, 5.74) is 3.83. The van der Waals surface area contributed by atoms with Crippen molar-refractivity contribution >= 4 is 17.6 Å². The summed E-state index contributed by atoms with van der Waals surface area (Å²) < 4.78 is 0. The van der Waals surface area contributed by atoms with Crippen LogP contribution in [0.25, 0.3) is 5.57 Å². The molecule has 0 unspecified atom stereocenters. The van der Waals surface area contributed by atoms with E-state index in [2.05, 4.69) is 25.5 Å². The number of hydrogen-bond acceptors (Lipinski definition) is 5.